The molecule has 0 bridgehead atoms. The van der Waals surface area contributed by atoms with Gasteiger partial charge in [0, 0.05) is 5.69 Å². The van der Waals surface area contributed by atoms with Gasteiger partial charge in [0.05, 0.1) is 5.56 Å². The summed E-state index contributed by atoms with van der Waals surface area (Å²) < 4.78 is 37.0. The minimum Gasteiger partial charge on any atom is -0.363 e. The summed E-state index contributed by atoms with van der Waals surface area (Å²) in [5.41, 5.74) is 5.33. The van der Waals surface area contributed by atoms with E-state index in [0.29, 0.717) is 6.07 Å². The molecule has 8 heteroatoms. The van der Waals surface area contributed by atoms with Crippen molar-refractivity contribution < 1.29 is 23.1 Å². The Hall–Kier alpha value is -1.96. The smallest absolute Gasteiger partial charge is 0.363 e. The predicted molar refractivity (Wildman–Crippen MR) is 51.2 cm³/mol. The average Bonchev–Trinajstić information content (AvgIpc) is 2.27. The van der Waals surface area contributed by atoms with E-state index in [4.69, 9.17) is 10.6 Å². The number of anilines is 1. The van der Waals surface area contributed by atoms with Crippen LogP contribution in [0.3, 0.4) is 0 Å². The SMILES string of the molecule is N=NC(O)C(=O)Nc1cccc(C(F)(F)F)c1. The molecule has 92 valence electrons. The topological polar surface area (TPSA) is 85.5 Å². The van der Waals surface area contributed by atoms with Gasteiger partial charge in [0.15, 0.2) is 0 Å². The van der Waals surface area contributed by atoms with Gasteiger partial charge in [-0.15, -0.1) is 0 Å². The highest BCUT2D eigenvalue weighted by atomic mass is 19.4. The Balaban J connectivity index is 2.87. The number of hydrogen-bond donors (Lipinski definition) is 3. The van der Waals surface area contributed by atoms with Crippen molar-refractivity contribution in [2.45, 2.75) is 12.4 Å². The molecule has 0 aliphatic carbocycles. The second-order valence-electron chi connectivity index (χ2n) is 3.07. The zero-order valence-corrected chi connectivity index (χ0v) is 8.32. The van der Waals surface area contributed by atoms with Crippen molar-refractivity contribution in [3.05, 3.63) is 29.8 Å². The molecule has 0 radical (unpaired) electrons. The third-order valence-corrected chi connectivity index (χ3v) is 1.81. The molecule has 1 atom stereocenters. The molecular weight excluding hydrogens is 239 g/mol. The standard InChI is InChI=1S/C9H8F3N3O2/c10-9(11,12)5-2-1-3-6(4-5)14-7(16)8(17)15-13/h1-4,8,13,17H,(H,14,16). The molecule has 0 saturated heterocycles. The number of carbonyl (C=O) groups is 1. The highest BCUT2D eigenvalue weighted by Gasteiger charge is 2.30. The van der Waals surface area contributed by atoms with Gasteiger partial charge >= 0.3 is 6.18 Å². The molecule has 0 aliphatic rings. The van der Waals surface area contributed by atoms with Crippen molar-refractivity contribution >= 4 is 11.6 Å². The quantitative estimate of drug-likeness (QED) is 0.713. The van der Waals surface area contributed by atoms with Gasteiger partial charge in [-0.3, -0.25) is 4.79 Å². The molecule has 1 unspecified atom stereocenters. The van der Waals surface area contributed by atoms with Crippen LogP contribution in [-0.4, -0.2) is 17.2 Å². The fourth-order valence-electron chi connectivity index (χ4n) is 1.04. The zero-order chi connectivity index (χ0) is 13.1. The van der Waals surface area contributed by atoms with Crippen LogP contribution >= 0.6 is 0 Å². The van der Waals surface area contributed by atoms with Crippen LogP contribution in [0.15, 0.2) is 29.4 Å². The maximum absolute atomic E-state index is 12.3. The highest BCUT2D eigenvalue weighted by Crippen LogP contribution is 2.30. The molecular formula is C9H8F3N3O2. The minimum atomic E-state index is -4.51. The van der Waals surface area contributed by atoms with E-state index >= 15 is 0 Å². The number of aliphatic hydroxyl groups excluding tert-OH is 1. The van der Waals surface area contributed by atoms with Crippen molar-refractivity contribution in [3.8, 4) is 0 Å². The molecule has 0 aromatic heterocycles. The first-order valence-corrected chi connectivity index (χ1v) is 4.37. The van der Waals surface area contributed by atoms with Crippen LogP contribution in [0.1, 0.15) is 5.56 Å². The number of benzene rings is 1. The molecule has 1 rings (SSSR count). The lowest BCUT2D eigenvalue weighted by Crippen LogP contribution is -2.25. The Morgan fingerprint density at radius 3 is 2.65 bits per heavy atom. The van der Waals surface area contributed by atoms with Crippen LogP contribution in [0.4, 0.5) is 18.9 Å². The first kappa shape index (κ1) is 13.1. The maximum Gasteiger partial charge on any atom is 0.416 e. The van der Waals surface area contributed by atoms with E-state index in [1.54, 1.807) is 0 Å². The number of rotatable bonds is 3. The fourth-order valence-corrected chi connectivity index (χ4v) is 1.04. The first-order chi connectivity index (χ1) is 7.84. The molecule has 17 heavy (non-hydrogen) atoms. The largest absolute Gasteiger partial charge is 0.416 e. The van der Waals surface area contributed by atoms with Gasteiger partial charge in [0.25, 0.3) is 5.91 Å². The number of hydrogen-bond acceptors (Lipinski definition) is 4. The van der Waals surface area contributed by atoms with Crippen molar-refractivity contribution in [1.29, 1.82) is 5.53 Å². The third kappa shape index (κ3) is 3.52. The lowest BCUT2D eigenvalue weighted by molar-refractivity contribution is -0.137. The summed E-state index contributed by atoms with van der Waals surface area (Å²) in [4.78, 5) is 11.0. The molecule has 1 aromatic carbocycles. The lowest BCUT2D eigenvalue weighted by atomic mass is 10.2. The van der Waals surface area contributed by atoms with Gasteiger partial charge in [0.1, 0.15) is 0 Å². The Morgan fingerprint density at radius 1 is 1.47 bits per heavy atom. The van der Waals surface area contributed by atoms with Gasteiger partial charge in [0.2, 0.25) is 6.23 Å². The summed E-state index contributed by atoms with van der Waals surface area (Å²) in [7, 11) is 0. The summed E-state index contributed by atoms with van der Waals surface area (Å²) in [6, 6.07) is 3.90. The lowest BCUT2D eigenvalue weighted by Gasteiger charge is -2.10. The molecule has 1 amide bonds. The summed E-state index contributed by atoms with van der Waals surface area (Å²) in [5, 5.41) is 13.4. The Labute approximate surface area is 93.8 Å². The number of alkyl halides is 3. The van der Waals surface area contributed by atoms with Gasteiger partial charge in [-0.05, 0) is 18.2 Å². The second-order valence-corrected chi connectivity index (χ2v) is 3.07. The fraction of sp³-hybridized carbons (Fsp3) is 0.222. The third-order valence-electron chi connectivity index (χ3n) is 1.81. The summed E-state index contributed by atoms with van der Waals surface area (Å²) in [6.07, 6.45) is -6.44. The van der Waals surface area contributed by atoms with E-state index in [1.165, 1.54) is 6.07 Å². The van der Waals surface area contributed by atoms with Crippen LogP contribution in [0.5, 0.6) is 0 Å². The van der Waals surface area contributed by atoms with Gasteiger partial charge < -0.3 is 10.4 Å². The van der Waals surface area contributed by atoms with Crippen LogP contribution < -0.4 is 5.32 Å². The van der Waals surface area contributed by atoms with Crippen molar-refractivity contribution in [2.75, 3.05) is 5.32 Å². The molecule has 0 fully saturated rings. The first-order valence-electron chi connectivity index (χ1n) is 4.37. The Morgan fingerprint density at radius 2 is 2.12 bits per heavy atom. The summed E-state index contributed by atoms with van der Waals surface area (Å²) >= 11 is 0. The van der Waals surface area contributed by atoms with Gasteiger partial charge in [-0.2, -0.15) is 18.3 Å². The number of halogens is 3. The molecule has 0 saturated carbocycles. The molecule has 1 aromatic rings. The number of aliphatic hydroxyl groups is 1. The van der Waals surface area contributed by atoms with E-state index in [-0.39, 0.29) is 5.69 Å². The van der Waals surface area contributed by atoms with Gasteiger partial charge in [-0.25, -0.2) is 5.53 Å². The highest BCUT2D eigenvalue weighted by molar-refractivity contribution is 5.93. The number of nitrogens with zero attached hydrogens (tertiary/aromatic N) is 1. The normalized spacial score (nSPS) is 12.9. The van der Waals surface area contributed by atoms with Gasteiger partial charge in [-0.1, -0.05) is 6.07 Å². The Kier molecular flexibility index (Phi) is 3.79. The van der Waals surface area contributed by atoms with E-state index in [2.05, 4.69) is 5.11 Å². The predicted octanol–water partition coefficient (Wildman–Crippen LogP) is 1.99. The van der Waals surface area contributed by atoms with Crippen LogP contribution in [0, 0.1) is 5.53 Å². The van der Waals surface area contributed by atoms with E-state index in [1.807, 2.05) is 5.32 Å². The molecule has 0 heterocycles. The molecule has 3 N–H and O–H groups in total. The van der Waals surface area contributed by atoms with Crippen LogP contribution in [0.2, 0.25) is 0 Å². The number of amides is 1. The van der Waals surface area contributed by atoms with Crippen molar-refractivity contribution in [3.63, 3.8) is 0 Å². The van der Waals surface area contributed by atoms with E-state index in [0.717, 1.165) is 12.1 Å². The maximum atomic E-state index is 12.3. The zero-order valence-electron chi connectivity index (χ0n) is 8.32. The molecule has 5 nitrogen and oxygen atoms in total. The Bertz CT molecular complexity index is 434. The minimum absolute atomic E-state index is 0.132. The van der Waals surface area contributed by atoms with E-state index < -0.39 is 23.9 Å². The summed E-state index contributed by atoms with van der Waals surface area (Å²) in [6.45, 7) is 0. The van der Waals surface area contributed by atoms with E-state index in [9.17, 15) is 18.0 Å². The molecule has 0 spiro atoms. The number of carbonyl (C=O) groups excluding carboxylic acids is 1. The molecule has 0 aliphatic heterocycles. The monoisotopic (exact) mass is 247 g/mol. The number of nitrogens with one attached hydrogen (secondary N) is 2. The van der Waals surface area contributed by atoms with Crippen LogP contribution in [-0.2, 0) is 11.0 Å². The van der Waals surface area contributed by atoms with Crippen molar-refractivity contribution in [1.82, 2.24) is 0 Å². The second kappa shape index (κ2) is 4.91. The van der Waals surface area contributed by atoms with Crippen LogP contribution in [0.25, 0.3) is 0 Å². The summed E-state index contributed by atoms with van der Waals surface area (Å²) in [5.74, 6) is -1.07. The van der Waals surface area contributed by atoms with Crippen molar-refractivity contribution in [2.24, 2.45) is 5.11 Å². The average molecular weight is 247 g/mol.